The molecular formula is C13H17N3O3. The van der Waals surface area contributed by atoms with Gasteiger partial charge in [0.25, 0.3) is 0 Å². The summed E-state index contributed by atoms with van der Waals surface area (Å²) in [4.78, 5) is 4.26. The Balaban J connectivity index is 1.98. The second-order valence-electron chi connectivity index (χ2n) is 4.28. The van der Waals surface area contributed by atoms with Gasteiger partial charge in [0.2, 0.25) is 5.89 Å². The molecule has 0 saturated carbocycles. The smallest absolute Gasteiger partial charge is 0.243 e. The number of ether oxygens (including phenoxy) is 1. The summed E-state index contributed by atoms with van der Waals surface area (Å²) in [7, 11) is 1.62. The third-order valence-electron chi connectivity index (χ3n) is 2.73. The van der Waals surface area contributed by atoms with Gasteiger partial charge in [-0.3, -0.25) is 0 Å². The van der Waals surface area contributed by atoms with E-state index in [-0.39, 0.29) is 11.8 Å². The Labute approximate surface area is 111 Å². The van der Waals surface area contributed by atoms with Crippen LogP contribution in [0.5, 0.6) is 5.75 Å². The third kappa shape index (κ3) is 3.77. The number of nitrogens with zero attached hydrogens (tertiary/aromatic N) is 2. The monoisotopic (exact) mass is 263 g/mol. The fourth-order valence-electron chi connectivity index (χ4n) is 1.65. The maximum Gasteiger partial charge on any atom is 0.243 e. The summed E-state index contributed by atoms with van der Waals surface area (Å²) in [5.74, 6) is 1.23. The molecule has 1 heterocycles. The minimum atomic E-state index is -0.305. The Hall–Kier alpha value is -1.92. The standard InChI is InChI=1S/C13H17N3O3/c1-18-7-6-11(14)13-15-12(16-19-13)8-9-2-4-10(17)5-3-9/h2-5,11,17H,6-8,14H2,1H3. The van der Waals surface area contributed by atoms with Crippen molar-refractivity contribution in [1.29, 1.82) is 0 Å². The van der Waals surface area contributed by atoms with Crippen LogP contribution in [0, 0.1) is 0 Å². The summed E-state index contributed by atoms with van der Waals surface area (Å²) >= 11 is 0. The largest absolute Gasteiger partial charge is 0.508 e. The summed E-state index contributed by atoms with van der Waals surface area (Å²) in [5.41, 5.74) is 6.89. The van der Waals surface area contributed by atoms with Gasteiger partial charge >= 0.3 is 0 Å². The van der Waals surface area contributed by atoms with Crippen molar-refractivity contribution < 1.29 is 14.4 Å². The number of hydrogen-bond acceptors (Lipinski definition) is 6. The van der Waals surface area contributed by atoms with Crippen LogP contribution in [0.3, 0.4) is 0 Å². The van der Waals surface area contributed by atoms with Crippen molar-refractivity contribution >= 4 is 0 Å². The molecular weight excluding hydrogens is 246 g/mol. The minimum Gasteiger partial charge on any atom is -0.508 e. The lowest BCUT2D eigenvalue weighted by atomic mass is 10.1. The van der Waals surface area contributed by atoms with Crippen LogP contribution in [0.1, 0.15) is 29.7 Å². The maximum atomic E-state index is 9.20. The summed E-state index contributed by atoms with van der Waals surface area (Å²) < 4.78 is 10.1. The van der Waals surface area contributed by atoms with Crippen molar-refractivity contribution in [2.24, 2.45) is 5.73 Å². The SMILES string of the molecule is COCCC(N)c1nc(Cc2ccc(O)cc2)no1. The Morgan fingerprint density at radius 1 is 1.37 bits per heavy atom. The lowest BCUT2D eigenvalue weighted by molar-refractivity contribution is 0.182. The Bertz CT molecular complexity index is 510. The zero-order valence-electron chi connectivity index (χ0n) is 10.7. The normalized spacial score (nSPS) is 12.5. The van der Waals surface area contributed by atoms with Crippen LogP contribution in [0.2, 0.25) is 0 Å². The molecule has 0 bridgehead atoms. The van der Waals surface area contributed by atoms with E-state index in [1.54, 1.807) is 19.2 Å². The van der Waals surface area contributed by atoms with E-state index < -0.39 is 0 Å². The summed E-state index contributed by atoms with van der Waals surface area (Å²) in [6.45, 7) is 0.552. The van der Waals surface area contributed by atoms with Crippen molar-refractivity contribution in [3.63, 3.8) is 0 Å². The molecule has 0 radical (unpaired) electrons. The van der Waals surface area contributed by atoms with E-state index >= 15 is 0 Å². The Morgan fingerprint density at radius 2 is 2.11 bits per heavy atom. The highest BCUT2D eigenvalue weighted by Gasteiger charge is 2.14. The minimum absolute atomic E-state index is 0.235. The number of methoxy groups -OCH3 is 1. The molecule has 2 rings (SSSR count). The number of aromatic nitrogens is 2. The lowest BCUT2D eigenvalue weighted by Crippen LogP contribution is -2.13. The lowest BCUT2D eigenvalue weighted by Gasteiger charge is -2.04. The molecule has 0 aliphatic heterocycles. The van der Waals surface area contributed by atoms with Crippen molar-refractivity contribution in [3.8, 4) is 5.75 Å². The predicted octanol–water partition coefficient (Wildman–Crippen LogP) is 1.40. The van der Waals surface area contributed by atoms with E-state index in [2.05, 4.69) is 10.1 Å². The summed E-state index contributed by atoms with van der Waals surface area (Å²) in [6.07, 6.45) is 1.18. The molecule has 3 N–H and O–H groups in total. The van der Waals surface area contributed by atoms with Crippen LogP contribution >= 0.6 is 0 Å². The molecule has 1 aromatic heterocycles. The van der Waals surface area contributed by atoms with Crippen molar-refractivity contribution in [1.82, 2.24) is 10.1 Å². The first-order valence-electron chi connectivity index (χ1n) is 6.04. The average molecular weight is 263 g/mol. The van der Waals surface area contributed by atoms with Gasteiger partial charge in [0.1, 0.15) is 5.75 Å². The van der Waals surface area contributed by atoms with Gasteiger partial charge in [-0.05, 0) is 24.1 Å². The second kappa shape index (κ2) is 6.31. The van der Waals surface area contributed by atoms with E-state index in [0.717, 1.165) is 5.56 Å². The molecule has 0 spiro atoms. The average Bonchev–Trinajstić information content (AvgIpc) is 2.87. The molecule has 2 aromatic rings. The third-order valence-corrected chi connectivity index (χ3v) is 2.73. The zero-order valence-corrected chi connectivity index (χ0v) is 10.7. The topological polar surface area (TPSA) is 94.4 Å². The van der Waals surface area contributed by atoms with Gasteiger partial charge in [-0.15, -0.1) is 0 Å². The number of hydrogen-bond donors (Lipinski definition) is 2. The number of phenolic OH excluding ortho intramolecular Hbond substituents is 1. The van der Waals surface area contributed by atoms with Crippen LogP contribution in [0.4, 0.5) is 0 Å². The number of benzene rings is 1. The Kier molecular flexibility index (Phi) is 4.48. The fraction of sp³-hybridized carbons (Fsp3) is 0.385. The molecule has 0 saturated heterocycles. The van der Waals surface area contributed by atoms with Crippen molar-refractivity contribution in [2.45, 2.75) is 18.9 Å². The van der Waals surface area contributed by atoms with Gasteiger partial charge in [-0.2, -0.15) is 4.98 Å². The van der Waals surface area contributed by atoms with Gasteiger partial charge in [0.15, 0.2) is 5.82 Å². The highest BCUT2D eigenvalue weighted by molar-refractivity contribution is 5.27. The van der Waals surface area contributed by atoms with E-state index in [1.807, 2.05) is 12.1 Å². The molecule has 0 amide bonds. The van der Waals surface area contributed by atoms with Gasteiger partial charge in [-0.25, -0.2) is 0 Å². The molecule has 102 valence electrons. The first-order valence-corrected chi connectivity index (χ1v) is 6.04. The number of rotatable bonds is 6. The highest BCUT2D eigenvalue weighted by atomic mass is 16.5. The van der Waals surface area contributed by atoms with Gasteiger partial charge < -0.3 is 20.1 Å². The fourth-order valence-corrected chi connectivity index (χ4v) is 1.65. The Morgan fingerprint density at radius 3 is 2.79 bits per heavy atom. The van der Waals surface area contributed by atoms with Gasteiger partial charge in [0, 0.05) is 20.1 Å². The van der Waals surface area contributed by atoms with E-state index in [4.69, 9.17) is 15.0 Å². The van der Waals surface area contributed by atoms with Crippen LogP contribution < -0.4 is 5.73 Å². The number of aromatic hydroxyl groups is 1. The van der Waals surface area contributed by atoms with E-state index in [0.29, 0.717) is 31.2 Å². The zero-order chi connectivity index (χ0) is 13.7. The van der Waals surface area contributed by atoms with E-state index in [1.165, 1.54) is 0 Å². The summed E-state index contributed by atoms with van der Waals surface area (Å²) in [5, 5.41) is 13.1. The number of nitrogens with two attached hydrogens (primary N) is 1. The predicted molar refractivity (Wildman–Crippen MR) is 68.6 cm³/mol. The van der Waals surface area contributed by atoms with E-state index in [9.17, 15) is 5.11 Å². The van der Waals surface area contributed by atoms with Crippen LogP contribution in [0.25, 0.3) is 0 Å². The quantitative estimate of drug-likeness (QED) is 0.818. The van der Waals surface area contributed by atoms with Crippen LogP contribution in [-0.2, 0) is 11.2 Å². The molecule has 6 nitrogen and oxygen atoms in total. The molecule has 0 aliphatic carbocycles. The molecule has 6 heteroatoms. The van der Waals surface area contributed by atoms with Crippen molar-refractivity contribution in [2.75, 3.05) is 13.7 Å². The van der Waals surface area contributed by atoms with Crippen LogP contribution in [0.15, 0.2) is 28.8 Å². The van der Waals surface area contributed by atoms with Gasteiger partial charge in [0.05, 0.1) is 6.04 Å². The summed E-state index contributed by atoms with van der Waals surface area (Å²) in [6, 6.07) is 6.58. The molecule has 19 heavy (non-hydrogen) atoms. The molecule has 1 atom stereocenters. The molecule has 1 unspecified atom stereocenters. The molecule has 0 fully saturated rings. The first-order chi connectivity index (χ1) is 9.19. The molecule has 1 aromatic carbocycles. The van der Waals surface area contributed by atoms with Gasteiger partial charge in [-0.1, -0.05) is 17.3 Å². The van der Waals surface area contributed by atoms with Crippen molar-refractivity contribution in [3.05, 3.63) is 41.5 Å². The highest BCUT2D eigenvalue weighted by Crippen LogP contribution is 2.15. The second-order valence-corrected chi connectivity index (χ2v) is 4.28. The molecule has 0 aliphatic rings. The van der Waals surface area contributed by atoms with Crippen LogP contribution in [-0.4, -0.2) is 29.0 Å². The first kappa shape index (κ1) is 13.5. The number of phenols is 1. The maximum absolute atomic E-state index is 9.20.